The highest BCUT2D eigenvalue weighted by molar-refractivity contribution is 5.78. The number of aliphatic carboxylic acids is 1. The van der Waals surface area contributed by atoms with Gasteiger partial charge >= 0.3 is 12.1 Å². The Balaban J connectivity index is 2.67. The van der Waals surface area contributed by atoms with Crippen LogP contribution in [-0.2, 0) is 4.79 Å². The fourth-order valence-corrected chi connectivity index (χ4v) is 2.42. The minimum Gasteiger partial charge on any atom is -0.480 e. The molecule has 0 saturated heterocycles. The van der Waals surface area contributed by atoms with Gasteiger partial charge in [0.1, 0.15) is 5.54 Å². The maximum absolute atomic E-state index is 12.5. The van der Waals surface area contributed by atoms with Gasteiger partial charge in [-0.3, -0.25) is 15.0 Å². The number of hydrogen-bond donors (Lipinski definition) is 2. The Morgan fingerprint density at radius 2 is 2.00 bits per heavy atom. The molecule has 0 amide bonds. The van der Waals surface area contributed by atoms with E-state index in [2.05, 4.69) is 5.32 Å². The second-order valence-electron chi connectivity index (χ2n) is 5.79. The van der Waals surface area contributed by atoms with Gasteiger partial charge in [-0.2, -0.15) is 13.2 Å². The molecule has 1 saturated carbocycles. The van der Waals surface area contributed by atoms with Gasteiger partial charge < -0.3 is 5.11 Å². The van der Waals surface area contributed by atoms with Gasteiger partial charge in [0.2, 0.25) is 0 Å². The van der Waals surface area contributed by atoms with E-state index in [4.69, 9.17) is 0 Å². The molecule has 0 bridgehead atoms. The zero-order valence-electron chi connectivity index (χ0n) is 12.1. The van der Waals surface area contributed by atoms with Crippen molar-refractivity contribution in [1.29, 1.82) is 0 Å². The molecule has 0 spiro atoms. The highest BCUT2D eigenvalue weighted by Gasteiger charge is 2.41. The summed E-state index contributed by atoms with van der Waals surface area (Å²) in [6.07, 6.45) is -2.27. The van der Waals surface area contributed by atoms with E-state index in [0.717, 1.165) is 12.8 Å². The Morgan fingerprint density at radius 3 is 2.35 bits per heavy atom. The largest absolute Gasteiger partial charge is 0.480 e. The lowest BCUT2D eigenvalue weighted by Gasteiger charge is -2.35. The summed E-state index contributed by atoms with van der Waals surface area (Å²) in [4.78, 5) is 12.7. The number of alkyl halides is 3. The summed E-state index contributed by atoms with van der Waals surface area (Å²) in [6.45, 7) is 4.06. The summed E-state index contributed by atoms with van der Waals surface area (Å²) >= 11 is 0. The van der Waals surface area contributed by atoms with Crippen LogP contribution in [0.15, 0.2) is 0 Å². The average Bonchev–Trinajstić information content (AvgIpc) is 3.07. The van der Waals surface area contributed by atoms with E-state index in [0.29, 0.717) is 0 Å². The summed E-state index contributed by atoms with van der Waals surface area (Å²) in [7, 11) is 0. The van der Waals surface area contributed by atoms with E-state index in [9.17, 15) is 23.1 Å². The van der Waals surface area contributed by atoms with Gasteiger partial charge in [-0.15, -0.1) is 0 Å². The Hall–Kier alpha value is -0.820. The molecule has 1 aliphatic carbocycles. The van der Waals surface area contributed by atoms with Crippen LogP contribution in [0, 0.1) is 0 Å². The molecule has 0 aromatic heterocycles. The fourth-order valence-electron chi connectivity index (χ4n) is 2.42. The van der Waals surface area contributed by atoms with Crippen molar-refractivity contribution in [2.24, 2.45) is 0 Å². The summed E-state index contributed by atoms with van der Waals surface area (Å²) in [5.74, 6) is -1.01. The predicted octanol–water partition coefficient (Wildman–Crippen LogP) is 2.24. The van der Waals surface area contributed by atoms with E-state index in [1.165, 1.54) is 4.90 Å². The van der Waals surface area contributed by atoms with E-state index in [1.807, 2.05) is 0 Å². The Kier molecular flexibility index (Phi) is 5.43. The summed E-state index contributed by atoms with van der Waals surface area (Å²) < 4.78 is 37.5. The zero-order valence-corrected chi connectivity index (χ0v) is 12.1. The van der Waals surface area contributed by atoms with Crippen LogP contribution >= 0.6 is 0 Å². The van der Waals surface area contributed by atoms with Crippen LogP contribution in [0.5, 0.6) is 0 Å². The second-order valence-corrected chi connectivity index (χ2v) is 5.79. The lowest BCUT2D eigenvalue weighted by Crippen LogP contribution is -2.55. The molecule has 0 heterocycles. The molecule has 2 unspecified atom stereocenters. The van der Waals surface area contributed by atoms with Gasteiger partial charge in [0.15, 0.2) is 0 Å². The van der Waals surface area contributed by atoms with Gasteiger partial charge in [-0.05, 0) is 39.7 Å². The number of carboxylic acid groups (broad SMARTS) is 1. The van der Waals surface area contributed by atoms with E-state index < -0.39 is 30.3 Å². The van der Waals surface area contributed by atoms with Crippen molar-refractivity contribution in [3.8, 4) is 0 Å². The van der Waals surface area contributed by atoms with Gasteiger partial charge in [0.25, 0.3) is 0 Å². The molecule has 2 atom stereocenters. The molecule has 0 aliphatic heterocycles. The van der Waals surface area contributed by atoms with E-state index >= 15 is 0 Å². The molecular formula is C13H23F3N2O2. The van der Waals surface area contributed by atoms with Crippen LogP contribution in [-0.4, -0.2) is 52.9 Å². The SMILES string of the molecule is CCN(CC(F)(F)F)C(C)CC(C)(NC1CC1)C(=O)O. The number of carboxylic acids is 1. The minimum absolute atomic E-state index is 0.142. The first kappa shape index (κ1) is 17.2. The smallest absolute Gasteiger partial charge is 0.401 e. The molecule has 20 heavy (non-hydrogen) atoms. The van der Waals surface area contributed by atoms with Crippen molar-refractivity contribution in [3.05, 3.63) is 0 Å². The zero-order chi connectivity index (χ0) is 15.6. The van der Waals surface area contributed by atoms with Crippen molar-refractivity contribution < 1.29 is 23.1 Å². The van der Waals surface area contributed by atoms with Crippen molar-refractivity contribution in [2.45, 2.75) is 63.8 Å². The van der Waals surface area contributed by atoms with Crippen LogP contribution in [0.2, 0.25) is 0 Å². The molecule has 1 fully saturated rings. The normalized spacial score (nSPS) is 20.8. The van der Waals surface area contributed by atoms with Crippen LogP contribution in [0.1, 0.15) is 40.0 Å². The number of carbonyl (C=O) groups is 1. The number of halogens is 3. The molecule has 7 heteroatoms. The first-order valence-electron chi connectivity index (χ1n) is 6.89. The van der Waals surface area contributed by atoms with Crippen molar-refractivity contribution in [1.82, 2.24) is 10.2 Å². The predicted molar refractivity (Wildman–Crippen MR) is 69.6 cm³/mol. The average molecular weight is 296 g/mol. The van der Waals surface area contributed by atoms with Crippen molar-refractivity contribution in [3.63, 3.8) is 0 Å². The van der Waals surface area contributed by atoms with Crippen molar-refractivity contribution in [2.75, 3.05) is 13.1 Å². The van der Waals surface area contributed by atoms with Crippen LogP contribution in [0.3, 0.4) is 0 Å². The van der Waals surface area contributed by atoms with Crippen LogP contribution < -0.4 is 5.32 Å². The van der Waals surface area contributed by atoms with Gasteiger partial charge in [-0.1, -0.05) is 6.92 Å². The molecule has 4 nitrogen and oxygen atoms in total. The van der Waals surface area contributed by atoms with E-state index in [-0.39, 0.29) is 19.0 Å². The van der Waals surface area contributed by atoms with Gasteiger partial charge in [-0.25, -0.2) is 0 Å². The molecular weight excluding hydrogens is 273 g/mol. The fraction of sp³-hybridized carbons (Fsp3) is 0.923. The third-order valence-electron chi connectivity index (χ3n) is 3.69. The third-order valence-corrected chi connectivity index (χ3v) is 3.69. The van der Waals surface area contributed by atoms with Crippen molar-refractivity contribution >= 4 is 5.97 Å². The third kappa shape index (κ3) is 5.28. The number of rotatable bonds is 8. The van der Waals surface area contributed by atoms with Crippen LogP contribution in [0.25, 0.3) is 0 Å². The Labute approximate surface area is 117 Å². The highest BCUT2D eigenvalue weighted by Crippen LogP contribution is 2.27. The number of nitrogens with zero attached hydrogens (tertiary/aromatic N) is 1. The molecule has 118 valence electrons. The minimum atomic E-state index is -4.27. The summed E-state index contributed by atoms with van der Waals surface area (Å²) in [5.41, 5.74) is -1.18. The summed E-state index contributed by atoms with van der Waals surface area (Å²) in [6, 6.07) is -0.282. The maximum atomic E-state index is 12.5. The lowest BCUT2D eigenvalue weighted by atomic mass is 9.92. The van der Waals surface area contributed by atoms with Gasteiger partial charge in [0, 0.05) is 12.1 Å². The molecule has 1 rings (SSSR count). The molecule has 0 radical (unpaired) electrons. The Morgan fingerprint density at radius 1 is 1.45 bits per heavy atom. The van der Waals surface area contributed by atoms with E-state index in [1.54, 1.807) is 20.8 Å². The maximum Gasteiger partial charge on any atom is 0.401 e. The summed E-state index contributed by atoms with van der Waals surface area (Å²) in [5, 5.41) is 12.4. The standard InChI is InChI=1S/C13H23F3N2O2/c1-4-18(8-13(14,15)16)9(2)7-12(3,11(19)20)17-10-5-6-10/h9-10,17H,4-8H2,1-3H3,(H,19,20). The quantitative estimate of drug-likeness (QED) is 0.721. The molecule has 2 N–H and O–H groups in total. The first-order chi connectivity index (χ1) is 9.07. The molecule has 0 aromatic carbocycles. The number of hydrogen-bond acceptors (Lipinski definition) is 3. The van der Waals surface area contributed by atoms with Gasteiger partial charge in [0.05, 0.1) is 6.54 Å². The molecule has 1 aliphatic rings. The van der Waals surface area contributed by atoms with Crippen LogP contribution in [0.4, 0.5) is 13.2 Å². The first-order valence-corrected chi connectivity index (χ1v) is 6.89. The topological polar surface area (TPSA) is 52.6 Å². The Bertz CT molecular complexity index is 345. The number of nitrogens with one attached hydrogen (secondary N) is 1. The monoisotopic (exact) mass is 296 g/mol. The lowest BCUT2D eigenvalue weighted by molar-refractivity contribution is -0.153. The highest BCUT2D eigenvalue weighted by atomic mass is 19.4. The second kappa shape index (κ2) is 6.30. The molecule has 0 aromatic rings.